The van der Waals surface area contributed by atoms with E-state index in [-0.39, 0.29) is 23.2 Å². The van der Waals surface area contributed by atoms with Gasteiger partial charge in [0.15, 0.2) is 0 Å². The van der Waals surface area contributed by atoms with Gasteiger partial charge in [-0.15, -0.1) is 0 Å². The number of anilines is 1. The summed E-state index contributed by atoms with van der Waals surface area (Å²) in [7, 11) is 0. The molecule has 0 aliphatic heterocycles. The summed E-state index contributed by atoms with van der Waals surface area (Å²) < 4.78 is 13.5. The molecular formula is C13H18FN3O. The molecule has 0 heterocycles. The first-order valence-electron chi connectivity index (χ1n) is 6.19. The molecule has 1 aliphatic rings. The zero-order valence-electron chi connectivity index (χ0n) is 10.4. The molecule has 1 aromatic rings. The smallest absolute Gasteiger partial charge is 0.253 e. The zero-order chi connectivity index (χ0) is 13.1. The summed E-state index contributed by atoms with van der Waals surface area (Å²) in [6, 6.07) is 4.51. The summed E-state index contributed by atoms with van der Waals surface area (Å²) >= 11 is 0. The van der Waals surface area contributed by atoms with Gasteiger partial charge in [0.2, 0.25) is 0 Å². The van der Waals surface area contributed by atoms with Crippen molar-refractivity contribution in [2.45, 2.75) is 32.2 Å². The van der Waals surface area contributed by atoms with Gasteiger partial charge in [-0.05, 0) is 30.9 Å². The fourth-order valence-corrected chi connectivity index (χ4v) is 2.47. The van der Waals surface area contributed by atoms with Crippen molar-refractivity contribution < 1.29 is 9.18 Å². The Kier molecular flexibility index (Phi) is 3.81. The van der Waals surface area contributed by atoms with Crippen molar-refractivity contribution in [2.24, 2.45) is 11.8 Å². The van der Waals surface area contributed by atoms with Crippen LogP contribution in [0.5, 0.6) is 0 Å². The number of para-hydroxylation sites is 1. The number of amides is 1. The maximum absolute atomic E-state index is 13.5. The van der Waals surface area contributed by atoms with Crippen molar-refractivity contribution in [3.05, 3.63) is 29.6 Å². The Morgan fingerprint density at radius 2 is 2.22 bits per heavy atom. The molecule has 1 fully saturated rings. The fourth-order valence-electron chi connectivity index (χ4n) is 2.47. The Hall–Kier alpha value is -1.62. The Morgan fingerprint density at radius 3 is 2.83 bits per heavy atom. The van der Waals surface area contributed by atoms with E-state index in [9.17, 15) is 9.18 Å². The molecule has 98 valence electrons. The Labute approximate surface area is 106 Å². The van der Waals surface area contributed by atoms with Crippen LogP contribution in [-0.4, -0.2) is 11.9 Å². The molecule has 5 heteroatoms. The average molecular weight is 251 g/mol. The largest absolute Gasteiger partial charge is 0.349 e. The lowest BCUT2D eigenvalue weighted by molar-refractivity contribution is 0.0930. The highest BCUT2D eigenvalue weighted by molar-refractivity contribution is 5.99. The van der Waals surface area contributed by atoms with Crippen LogP contribution < -0.4 is 16.6 Å². The van der Waals surface area contributed by atoms with E-state index < -0.39 is 5.82 Å². The monoisotopic (exact) mass is 251 g/mol. The van der Waals surface area contributed by atoms with Crippen molar-refractivity contribution in [1.82, 2.24) is 5.32 Å². The molecule has 0 bridgehead atoms. The molecule has 1 aromatic carbocycles. The van der Waals surface area contributed by atoms with Crippen LogP contribution in [0.3, 0.4) is 0 Å². The van der Waals surface area contributed by atoms with Crippen LogP contribution in [0.15, 0.2) is 18.2 Å². The van der Waals surface area contributed by atoms with Crippen molar-refractivity contribution in [1.29, 1.82) is 0 Å². The molecule has 0 radical (unpaired) electrons. The molecule has 2 atom stereocenters. The summed E-state index contributed by atoms with van der Waals surface area (Å²) in [5.74, 6) is 4.92. The van der Waals surface area contributed by atoms with Gasteiger partial charge in [0.05, 0.1) is 11.3 Å². The average Bonchev–Trinajstić information content (AvgIpc) is 2.74. The van der Waals surface area contributed by atoms with Gasteiger partial charge in [-0.25, -0.2) is 4.39 Å². The second-order valence-corrected chi connectivity index (χ2v) is 4.79. The van der Waals surface area contributed by atoms with E-state index in [1.165, 1.54) is 12.1 Å². The van der Waals surface area contributed by atoms with Crippen LogP contribution >= 0.6 is 0 Å². The number of carbonyl (C=O) groups is 1. The number of hydrogen-bond donors (Lipinski definition) is 3. The molecule has 1 aliphatic carbocycles. The number of nitrogen functional groups attached to an aromatic ring is 1. The summed E-state index contributed by atoms with van der Waals surface area (Å²) in [5.41, 5.74) is 2.53. The SMILES string of the molecule is CC1CCCC1NC(=O)c1cccc(F)c1NN. The van der Waals surface area contributed by atoms with Gasteiger partial charge in [0.1, 0.15) is 5.82 Å². The van der Waals surface area contributed by atoms with Crippen molar-refractivity contribution in [3.8, 4) is 0 Å². The highest BCUT2D eigenvalue weighted by Crippen LogP contribution is 2.26. The minimum Gasteiger partial charge on any atom is -0.349 e. The van der Waals surface area contributed by atoms with E-state index in [0.717, 1.165) is 19.3 Å². The van der Waals surface area contributed by atoms with Crippen molar-refractivity contribution in [2.75, 3.05) is 5.43 Å². The van der Waals surface area contributed by atoms with Gasteiger partial charge in [0.25, 0.3) is 5.91 Å². The number of rotatable bonds is 3. The summed E-state index contributed by atoms with van der Waals surface area (Å²) in [4.78, 5) is 12.1. The minimum atomic E-state index is -0.523. The number of benzene rings is 1. The normalized spacial score (nSPS) is 22.8. The topological polar surface area (TPSA) is 67.2 Å². The van der Waals surface area contributed by atoms with E-state index in [4.69, 9.17) is 5.84 Å². The van der Waals surface area contributed by atoms with Crippen LogP contribution in [0, 0.1) is 11.7 Å². The lowest BCUT2D eigenvalue weighted by Crippen LogP contribution is -2.37. The Balaban J connectivity index is 2.16. The highest BCUT2D eigenvalue weighted by atomic mass is 19.1. The Morgan fingerprint density at radius 1 is 1.44 bits per heavy atom. The number of carbonyl (C=O) groups excluding carboxylic acids is 1. The maximum atomic E-state index is 13.5. The van der Waals surface area contributed by atoms with Crippen molar-refractivity contribution >= 4 is 11.6 Å². The van der Waals surface area contributed by atoms with Crippen LogP contribution in [0.25, 0.3) is 0 Å². The third kappa shape index (κ3) is 2.46. The lowest BCUT2D eigenvalue weighted by Gasteiger charge is -2.18. The first-order chi connectivity index (χ1) is 8.63. The number of nitrogens with two attached hydrogens (primary N) is 1. The van der Waals surface area contributed by atoms with Crippen molar-refractivity contribution in [3.63, 3.8) is 0 Å². The summed E-state index contributed by atoms with van der Waals surface area (Å²) in [6.45, 7) is 2.12. The second kappa shape index (κ2) is 5.35. The maximum Gasteiger partial charge on any atom is 0.253 e. The van der Waals surface area contributed by atoms with E-state index in [1.807, 2.05) is 0 Å². The highest BCUT2D eigenvalue weighted by Gasteiger charge is 2.26. The van der Waals surface area contributed by atoms with Gasteiger partial charge in [0, 0.05) is 6.04 Å². The van der Waals surface area contributed by atoms with Crippen LogP contribution in [-0.2, 0) is 0 Å². The standard InChI is InChI=1S/C13H18FN3O/c1-8-4-2-7-11(8)16-13(18)9-5-3-6-10(14)12(9)17-15/h3,5-6,8,11,17H,2,4,7,15H2,1H3,(H,16,18). The van der Waals surface area contributed by atoms with E-state index in [2.05, 4.69) is 17.7 Å². The molecule has 0 saturated heterocycles. The van der Waals surface area contributed by atoms with Crippen LogP contribution in [0.2, 0.25) is 0 Å². The van der Waals surface area contributed by atoms with E-state index in [0.29, 0.717) is 5.92 Å². The van der Waals surface area contributed by atoms with Crippen LogP contribution in [0.4, 0.5) is 10.1 Å². The third-order valence-corrected chi connectivity index (χ3v) is 3.58. The molecule has 1 amide bonds. The fraction of sp³-hybridized carbons (Fsp3) is 0.462. The van der Waals surface area contributed by atoms with Gasteiger partial charge < -0.3 is 10.7 Å². The summed E-state index contributed by atoms with van der Waals surface area (Å²) in [6.07, 6.45) is 3.22. The number of hydrazine groups is 1. The first kappa shape index (κ1) is 12.8. The lowest BCUT2D eigenvalue weighted by atomic mass is 10.1. The van der Waals surface area contributed by atoms with Gasteiger partial charge >= 0.3 is 0 Å². The quantitative estimate of drug-likeness (QED) is 0.569. The minimum absolute atomic E-state index is 0.0423. The molecular weight excluding hydrogens is 233 g/mol. The summed E-state index contributed by atoms with van der Waals surface area (Å²) in [5, 5.41) is 2.95. The molecule has 2 rings (SSSR count). The molecule has 4 nitrogen and oxygen atoms in total. The third-order valence-electron chi connectivity index (χ3n) is 3.58. The molecule has 18 heavy (non-hydrogen) atoms. The van der Waals surface area contributed by atoms with Gasteiger partial charge in [-0.2, -0.15) is 0 Å². The molecule has 0 spiro atoms. The number of nitrogens with one attached hydrogen (secondary N) is 2. The van der Waals surface area contributed by atoms with E-state index >= 15 is 0 Å². The predicted molar refractivity (Wildman–Crippen MR) is 68.5 cm³/mol. The van der Waals surface area contributed by atoms with E-state index in [1.54, 1.807) is 6.07 Å². The van der Waals surface area contributed by atoms with Gasteiger partial charge in [-0.3, -0.25) is 10.6 Å². The zero-order valence-corrected chi connectivity index (χ0v) is 10.4. The first-order valence-corrected chi connectivity index (χ1v) is 6.19. The van der Waals surface area contributed by atoms with Gasteiger partial charge in [-0.1, -0.05) is 19.4 Å². The molecule has 0 aromatic heterocycles. The number of hydrogen-bond acceptors (Lipinski definition) is 3. The molecule has 1 saturated carbocycles. The predicted octanol–water partition coefficient (Wildman–Crippen LogP) is 2.03. The Bertz CT molecular complexity index is 450. The molecule has 4 N–H and O–H groups in total. The molecule has 2 unspecified atom stereocenters. The number of halogens is 1. The second-order valence-electron chi connectivity index (χ2n) is 4.79. The van der Waals surface area contributed by atoms with Crippen LogP contribution in [0.1, 0.15) is 36.5 Å².